The van der Waals surface area contributed by atoms with E-state index in [9.17, 15) is 19.8 Å². The number of thioether (sulfide) groups is 2. The molecule has 6 nitrogen and oxygen atoms in total. The minimum Gasteiger partial charge on any atom is -0.481 e. The van der Waals surface area contributed by atoms with Gasteiger partial charge >= 0.3 is 11.9 Å². The monoisotopic (exact) mass is 1140 g/mol. The Bertz CT molecular complexity index is 1960. The summed E-state index contributed by atoms with van der Waals surface area (Å²) in [5.74, 6) is 9.63. The van der Waals surface area contributed by atoms with E-state index in [1.807, 2.05) is 0 Å². The maximum Gasteiger partial charge on any atom is 0.309 e. The molecule has 0 saturated heterocycles. The molecule has 0 radical (unpaired) electrons. The molecule has 8 saturated carbocycles. The van der Waals surface area contributed by atoms with E-state index >= 15 is 0 Å². The third-order valence-corrected chi connectivity index (χ3v) is 29.6. The minimum absolute atomic E-state index is 0.0175. The molecule has 79 heavy (non-hydrogen) atoms. The lowest BCUT2D eigenvalue weighted by Crippen LogP contribution is -2.66. The van der Waals surface area contributed by atoms with E-state index in [1.165, 1.54) is 176 Å². The van der Waals surface area contributed by atoms with Gasteiger partial charge in [-0.05, 0) is 227 Å². The van der Waals surface area contributed by atoms with Gasteiger partial charge in [0.1, 0.15) is 0 Å². The van der Waals surface area contributed by atoms with Crippen LogP contribution in [0.15, 0.2) is 60.7 Å². The van der Waals surface area contributed by atoms with E-state index in [0.29, 0.717) is 65.2 Å². The second-order valence-electron chi connectivity index (χ2n) is 28.6. The van der Waals surface area contributed by atoms with Crippen LogP contribution in [0.2, 0.25) is 5.04 Å². The van der Waals surface area contributed by atoms with Crippen molar-refractivity contribution in [2.24, 2.45) is 70.0 Å². The van der Waals surface area contributed by atoms with Crippen LogP contribution in [0.3, 0.4) is 0 Å². The molecule has 8 aliphatic rings. The van der Waals surface area contributed by atoms with E-state index in [0.717, 1.165) is 63.2 Å². The van der Waals surface area contributed by atoms with Crippen molar-refractivity contribution in [3.8, 4) is 0 Å². The van der Waals surface area contributed by atoms with Crippen LogP contribution in [0.1, 0.15) is 227 Å². The summed E-state index contributed by atoms with van der Waals surface area (Å²) in [5.41, 5.74) is -0.892. The molecule has 0 aromatic heterocycles. The zero-order chi connectivity index (χ0) is 55.9. The van der Waals surface area contributed by atoms with Crippen LogP contribution < -0.4 is 10.4 Å². The van der Waals surface area contributed by atoms with Gasteiger partial charge in [0.05, 0.1) is 10.8 Å². The number of hydrogen-bond donors (Lipinski definition) is 2. The highest BCUT2D eigenvalue weighted by atomic mass is 32.2. The molecular formula is C70H113NO5S2Si. The summed E-state index contributed by atoms with van der Waals surface area (Å²) in [6, 6.07) is 22.8. The molecule has 8 fully saturated rings. The third-order valence-electron chi connectivity index (χ3n) is 22.1. The van der Waals surface area contributed by atoms with Crippen molar-refractivity contribution < 1.29 is 24.2 Å². The molecule has 8 aliphatic carbocycles. The van der Waals surface area contributed by atoms with Gasteiger partial charge in [0, 0.05) is 12.6 Å². The number of carboxylic acid groups (broad SMARTS) is 2. The van der Waals surface area contributed by atoms with Gasteiger partial charge in [0.15, 0.2) is 0 Å². The average Bonchev–Trinajstić information content (AvgIpc) is 3.31. The van der Waals surface area contributed by atoms with E-state index < -0.39 is 31.1 Å². The first-order chi connectivity index (χ1) is 38.2. The zero-order valence-electron chi connectivity index (χ0n) is 51.0. The SMILES string of the molecule is CCCCCCC(CSCCCCCC(CCCCCSCC(CCCCCC)C1C2CC3CC(C2)CC1(C(=O)O)C3)N(C)CCCCO[Si](c1ccccc1)(c1ccccc1)C(C)(C)C)C1C2CC3CC(C2)CC1(C(=O)O)C3. The summed E-state index contributed by atoms with van der Waals surface area (Å²) in [6.45, 7) is 13.6. The Balaban J connectivity index is 0.835. The molecule has 9 heteroatoms. The van der Waals surface area contributed by atoms with Crippen LogP contribution in [0.5, 0.6) is 0 Å². The first-order valence-electron chi connectivity index (χ1n) is 33.3. The van der Waals surface area contributed by atoms with E-state index in [4.69, 9.17) is 4.43 Å². The fourth-order valence-electron chi connectivity index (χ4n) is 19.1. The van der Waals surface area contributed by atoms with E-state index in [2.05, 4.69) is 131 Å². The zero-order valence-corrected chi connectivity index (χ0v) is 53.6. The highest BCUT2D eigenvalue weighted by Crippen LogP contribution is 2.67. The minimum atomic E-state index is -2.55. The highest BCUT2D eigenvalue weighted by molar-refractivity contribution is 7.99. The molecule has 8 unspecified atom stereocenters. The van der Waals surface area contributed by atoms with Gasteiger partial charge in [-0.25, -0.2) is 0 Å². The maximum atomic E-state index is 13.2. The van der Waals surface area contributed by atoms with Gasteiger partial charge < -0.3 is 19.5 Å². The fourth-order valence-corrected chi connectivity index (χ4v) is 26.2. The Morgan fingerprint density at radius 1 is 0.570 bits per heavy atom. The molecule has 0 amide bonds. The van der Waals surface area contributed by atoms with Crippen molar-refractivity contribution in [3.63, 3.8) is 0 Å². The smallest absolute Gasteiger partial charge is 0.309 e. The molecule has 0 spiro atoms. The first-order valence-corrected chi connectivity index (χ1v) is 37.5. The van der Waals surface area contributed by atoms with Crippen LogP contribution in [0, 0.1) is 70.0 Å². The Hall–Kier alpha value is -1.78. The van der Waals surface area contributed by atoms with Gasteiger partial charge in [0.25, 0.3) is 8.32 Å². The predicted octanol–water partition coefficient (Wildman–Crippen LogP) is 17.5. The Morgan fingerprint density at radius 2 is 0.975 bits per heavy atom. The standard InChI is InChI=1S/C70H113NO5S2Si/c1-7-9-11-17-29-57(64-59-43-53-41-54(44-59)48-69(64,47-53)66(72)73)51-77-39-27-15-19-31-61(71(6)37-25-26-38-76-79(68(3,4)5,62-33-21-13-22-34-62)63-35-23-14-24-36-63)32-20-16-28-40-78-52-58(30-18-12-10-8-2)65-60-45-55-42-56(46-60)50-70(65,49-55)67(74)75/h13-14,21-24,33-36,53-61,64-65H,7-12,15-20,25-32,37-52H2,1-6H3,(H,72,73)(H,74,75). The van der Waals surface area contributed by atoms with Crippen LogP contribution in [-0.4, -0.2) is 84.6 Å². The molecule has 8 bridgehead atoms. The molecule has 2 aromatic rings. The second kappa shape index (κ2) is 30.3. The van der Waals surface area contributed by atoms with Crippen LogP contribution in [0.4, 0.5) is 0 Å². The van der Waals surface area contributed by atoms with Crippen molar-refractivity contribution in [2.45, 2.75) is 238 Å². The molecular weight excluding hydrogens is 1030 g/mol. The predicted molar refractivity (Wildman–Crippen MR) is 340 cm³/mol. The summed E-state index contributed by atoms with van der Waals surface area (Å²) in [5, 5.41) is 24.5. The Kier molecular flexibility index (Phi) is 24.3. The van der Waals surface area contributed by atoms with Crippen molar-refractivity contribution in [1.29, 1.82) is 0 Å². The molecule has 2 N–H and O–H groups in total. The largest absolute Gasteiger partial charge is 0.481 e. The third kappa shape index (κ3) is 15.6. The fraction of sp³-hybridized carbons (Fsp3) is 0.800. The summed E-state index contributed by atoms with van der Waals surface area (Å²) < 4.78 is 7.33. The maximum absolute atomic E-state index is 13.2. The molecule has 2 aromatic carbocycles. The number of carbonyl (C=O) groups is 2. The lowest BCUT2D eigenvalue weighted by Gasteiger charge is -2.61. The van der Waals surface area contributed by atoms with Gasteiger partial charge in [-0.1, -0.05) is 172 Å². The topological polar surface area (TPSA) is 87.1 Å². The quantitative estimate of drug-likeness (QED) is 0.0506. The molecule has 0 aliphatic heterocycles. The van der Waals surface area contributed by atoms with Crippen LogP contribution >= 0.6 is 23.5 Å². The van der Waals surface area contributed by atoms with Gasteiger partial charge in [-0.15, -0.1) is 0 Å². The number of rotatable bonds is 39. The number of nitrogens with zero attached hydrogens (tertiary/aromatic N) is 1. The van der Waals surface area contributed by atoms with Crippen molar-refractivity contribution in [2.75, 3.05) is 43.2 Å². The summed E-state index contributed by atoms with van der Waals surface area (Å²) >= 11 is 4.33. The van der Waals surface area contributed by atoms with E-state index in [1.54, 1.807) is 0 Å². The second-order valence-corrected chi connectivity index (χ2v) is 35.2. The van der Waals surface area contributed by atoms with Crippen LogP contribution in [0.25, 0.3) is 0 Å². The molecule has 0 heterocycles. The van der Waals surface area contributed by atoms with Gasteiger partial charge in [-0.3, -0.25) is 9.59 Å². The first kappa shape index (κ1) is 63.2. The van der Waals surface area contributed by atoms with E-state index in [-0.39, 0.29) is 5.04 Å². The normalized spacial score (nSPS) is 29.1. The lowest BCUT2D eigenvalue weighted by molar-refractivity contribution is -0.183. The molecule has 444 valence electrons. The van der Waals surface area contributed by atoms with Gasteiger partial charge in [-0.2, -0.15) is 23.5 Å². The van der Waals surface area contributed by atoms with Crippen molar-refractivity contribution >= 4 is 54.2 Å². The number of aliphatic carboxylic acids is 2. The Morgan fingerprint density at radius 3 is 1.37 bits per heavy atom. The van der Waals surface area contributed by atoms with Gasteiger partial charge in [0.2, 0.25) is 0 Å². The highest BCUT2D eigenvalue weighted by Gasteiger charge is 2.63. The lowest BCUT2D eigenvalue weighted by atomic mass is 9.43. The molecule has 8 atom stereocenters. The van der Waals surface area contributed by atoms with Crippen molar-refractivity contribution in [1.82, 2.24) is 4.90 Å². The Labute approximate surface area is 492 Å². The number of unbranched alkanes of at least 4 members (excludes halogenated alkanes) is 11. The summed E-state index contributed by atoms with van der Waals surface area (Å²) in [6.07, 6.45) is 36.6. The number of carboxylic acids is 2. The summed E-state index contributed by atoms with van der Waals surface area (Å²) in [4.78, 5) is 29.2. The van der Waals surface area contributed by atoms with Crippen LogP contribution in [-0.2, 0) is 14.0 Å². The average molecular weight is 1140 g/mol. The number of hydrogen-bond acceptors (Lipinski definition) is 6. The molecule has 10 rings (SSSR count). The van der Waals surface area contributed by atoms with Crippen molar-refractivity contribution in [3.05, 3.63) is 60.7 Å². The number of benzene rings is 2. The summed E-state index contributed by atoms with van der Waals surface area (Å²) in [7, 11) is -0.149.